The van der Waals surface area contributed by atoms with Crippen LogP contribution in [0.1, 0.15) is 15.4 Å². The van der Waals surface area contributed by atoms with Crippen LogP contribution in [0.2, 0.25) is 0 Å². The molecule has 0 spiro atoms. The zero-order valence-electron chi connectivity index (χ0n) is 10.0. The molecule has 2 aromatic heterocycles. The first-order chi connectivity index (χ1) is 9.33. The van der Waals surface area contributed by atoms with Gasteiger partial charge in [0.25, 0.3) is 5.91 Å². The Hall–Kier alpha value is -2.27. The minimum Gasteiger partial charge on any atom is -0.345 e. The summed E-state index contributed by atoms with van der Waals surface area (Å²) >= 11 is 1.52. The smallest absolute Gasteiger partial charge is 0.253 e. The Morgan fingerprint density at radius 1 is 1.26 bits per heavy atom. The molecule has 0 bridgehead atoms. The number of hydrogen-bond donors (Lipinski definition) is 1. The van der Waals surface area contributed by atoms with Crippen LogP contribution >= 0.6 is 11.3 Å². The van der Waals surface area contributed by atoms with E-state index in [0.717, 1.165) is 15.9 Å². The van der Waals surface area contributed by atoms with Crippen molar-refractivity contribution >= 4 is 28.1 Å². The summed E-state index contributed by atoms with van der Waals surface area (Å²) in [5, 5.41) is 6.58. The predicted molar refractivity (Wildman–Crippen MR) is 75.0 cm³/mol. The van der Waals surface area contributed by atoms with Gasteiger partial charge < -0.3 is 5.32 Å². The molecule has 0 aliphatic heterocycles. The first kappa shape index (κ1) is 11.8. The van der Waals surface area contributed by atoms with Crippen LogP contribution in [0, 0.1) is 0 Å². The van der Waals surface area contributed by atoms with Gasteiger partial charge in [-0.1, -0.05) is 18.2 Å². The molecule has 0 radical (unpaired) electrons. The van der Waals surface area contributed by atoms with E-state index in [1.54, 1.807) is 12.4 Å². The van der Waals surface area contributed by atoms with Crippen molar-refractivity contribution < 1.29 is 4.79 Å². The second-order valence-electron chi connectivity index (χ2n) is 4.03. The van der Waals surface area contributed by atoms with Gasteiger partial charge in [-0.3, -0.25) is 9.78 Å². The Morgan fingerprint density at radius 3 is 3.00 bits per heavy atom. The van der Waals surface area contributed by atoms with Gasteiger partial charge in [0.1, 0.15) is 5.01 Å². The first-order valence-electron chi connectivity index (χ1n) is 5.84. The fourth-order valence-electron chi connectivity index (χ4n) is 1.79. The van der Waals surface area contributed by atoms with Crippen molar-refractivity contribution in [3.63, 3.8) is 0 Å². The monoisotopic (exact) mass is 269 g/mol. The van der Waals surface area contributed by atoms with E-state index in [4.69, 9.17) is 0 Å². The molecule has 1 amide bonds. The molecule has 0 saturated carbocycles. The minimum atomic E-state index is -0.131. The highest BCUT2D eigenvalue weighted by Gasteiger charge is 2.07. The van der Waals surface area contributed by atoms with Crippen molar-refractivity contribution in [2.45, 2.75) is 6.54 Å². The van der Waals surface area contributed by atoms with Crippen LogP contribution in [0.4, 0.5) is 0 Å². The standard InChI is InChI=1S/C14H11N3OS/c18-14(17-9-13-15-5-6-19-13)11-7-10-3-1-2-4-12(10)16-8-11/h1-8H,9H2,(H,17,18). The van der Waals surface area contributed by atoms with Gasteiger partial charge in [0.15, 0.2) is 0 Å². The molecule has 94 valence electrons. The molecule has 1 N–H and O–H groups in total. The van der Waals surface area contributed by atoms with Crippen LogP contribution in [-0.4, -0.2) is 15.9 Å². The first-order valence-corrected chi connectivity index (χ1v) is 6.72. The highest BCUT2D eigenvalue weighted by molar-refractivity contribution is 7.09. The molecule has 1 aromatic carbocycles. The number of aromatic nitrogens is 2. The number of para-hydroxylation sites is 1. The summed E-state index contributed by atoms with van der Waals surface area (Å²) in [4.78, 5) is 20.4. The van der Waals surface area contributed by atoms with Crippen LogP contribution < -0.4 is 5.32 Å². The number of carbonyl (C=O) groups excluding carboxylic acids is 1. The Labute approximate surface area is 114 Å². The largest absolute Gasteiger partial charge is 0.345 e. The van der Waals surface area contributed by atoms with Crippen LogP contribution in [-0.2, 0) is 6.54 Å². The maximum absolute atomic E-state index is 12.0. The lowest BCUT2D eigenvalue weighted by Crippen LogP contribution is -2.22. The van der Waals surface area contributed by atoms with E-state index >= 15 is 0 Å². The molecule has 19 heavy (non-hydrogen) atoms. The maximum Gasteiger partial charge on any atom is 0.253 e. The molecule has 3 aromatic rings. The van der Waals surface area contributed by atoms with Gasteiger partial charge in [0, 0.05) is 23.2 Å². The summed E-state index contributed by atoms with van der Waals surface area (Å²) in [6.45, 7) is 0.448. The molecule has 0 saturated heterocycles. The lowest BCUT2D eigenvalue weighted by molar-refractivity contribution is 0.0950. The SMILES string of the molecule is O=C(NCc1nccs1)c1cnc2ccccc2c1. The molecule has 0 fully saturated rings. The van der Waals surface area contributed by atoms with Gasteiger partial charge in [0.05, 0.1) is 17.6 Å². The third kappa shape index (κ3) is 2.61. The number of nitrogens with zero attached hydrogens (tertiary/aromatic N) is 2. The van der Waals surface area contributed by atoms with Crippen molar-refractivity contribution in [3.8, 4) is 0 Å². The summed E-state index contributed by atoms with van der Waals surface area (Å²) in [7, 11) is 0. The minimum absolute atomic E-state index is 0.131. The zero-order chi connectivity index (χ0) is 13.1. The highest BCUT2D eigenvalue weighted by Crippen LogP contribution is 2.12. The average molecular weight is 269 g/mol. The molecule has 0 unspecified atom stereocenters. The summed E-state index contributed by atoms with van der Waals surface area (Å²) in [6.07, 6.45) is 3.32. The van der Waals surface area contributed by atoms with Gasteiger partial charge in [0.2, 0.25) is 0 Å². The van der Waals surface area contributed by atoms with Gasteiger partial charge in [-0.15, -0.1) is 11.3 Å². The van der Waals surface area contributed by atoms with E-state index in [1.807, 2.05) is 35.7 Å². The Balaban J connectivity index is 1.77. The molecule has 0 aliphatic rings. The number of benzene rings is 1. The number of fused-ring (bicyclic) bond motifs is 1. The molecular formula is C14H11N3OS. The molecule has 5 heteroatoms. The van der Waals surface area contributed by atoms with Crippen LogP contribution in [0.5, 0.6) is 0 Å². The van der Waals surface area contributed by atoms with Gasteiger partial charge in [-0.05, 0) is 12.1 Å². The second kappa shape index (κ2) is 5.16. The van der Waals surface area contributed by atoms with E-state index in [2.05, 4.69) is 15.3 Å². The van der Waals surface area contributed by atoms with Crippen LogP contribution in [0.15, 0.2) is 48.1 Å². The van der Waals surface area contributed by atoms with Crippen LogP contribution in [0.25, 0.3) is 10.9 Å². The summed E-state index contributed by atoms with van der Waals surface area (Å²) in [6, 6.07) is 9.57. The fourth-order valence-corrected chi connectivity index (χ4v) is 2.35. The number of rotatable bonds is 3. The third-order valence-electron chi connectivity index (χ3n) is 2.74. The number of carbonyl (C=O) groups is 1. The molecule has 4 nitrogen and oxygen atoms in total. The van der Waals surface area contributed by atoms with E-state index in [1.165, 1.54) is 11.3 Å². The number of pyridine rings is 1. The number of nitrogens with one attached hydrogen (secondary N) is 1. The van der Waals surface area contributed by atoms with Gasteiger partial charge in [-0.25, -0.2) is 4.98 Å². The van der Waals surface area contributed by atoms with Crippen molar-refractivity contribution in [2.75, 3.05) is 0 Å². The number of thiazole rings is 1. The van der Waals surface area contributed by atoms with Gasteiger partial charge >= 0.3 is 0 Å². The van der Waals surface area contributed by atoms with E-state index in [0.29, 0.717) is 12.1 Å². The van der Waals surface area contributed by atoms with Gasteiger partial charge in [-0.2, -0.15) is 0 Å². The molecule has 2 heterocycles. The van der Waals surface area contributed by atoms with Crippen molar-refractivity contribution in [1.29, 1.82) is 0 Å². The highest BCUT2D eigenvalue weighted by atomic mass is 32.1. The summed E-state index contributed by atoms with van der Waals surface area (Å²) in [5.74, 6) is -0.131. The topological polar surface area (TPSA) is 54.9 Å². The fraction of sp³-hybridized carbons (Fsp3) is 0.0714. The third-order valence-corrected chi connectivity index (χ3v) is 3.52. The lowest BCUT2D eigenvalue weighted by Gasteiger charge is -2.04. The summed E-state index contributed by atoms with van der Waals surface area (Å²) < 4.78 is 0. The summed E-state index contributed by atoms with van der Waals surface area (Å²) in [5.41, 5.74) is 1.45. The van der Waals surface area contributed by atoms with E-state index in [9.17, 15) is 4.79 Å². The zero-order valence-corrected chi connectivity index (χ0v) is 10.9. The molecule has 3 rings (SSSR count). The van der Waals surface area contributed by atoms with Crippen molar-refractivity contribution in [2.24, 2.45) is 0 Å². The quantitative estimate of drug-likeness (QED) is 0.795. The van der Waals surface area contributed by atoms with Crippen LogP contribution in [0.3, 0.4) is 0 Å². The maximum atomic E-state index is 12.0. The Kier molecular flexibility index (Phi) is 3.20. The Morgan fingerprint density at radius 2 is 2.16 bits per heavy atom. The van der Waals surface area contributed by atoms with E-state index < -0.39 is 0 Å². The second-order valence-corrected chi connectivity index (χ2v) is 5.00. The average Bonchev–Trinajstić information content (AvgIpc) is 2.97. The number of hydrogen-bond acceptors (Lipinski definition) is 4. The predicted octanol–water partition coefficient (Wildman–Crippen LogP) is 2.62. The molecular weight excluding hydrogens is 258 g/mol. The van der Waals surface area contributed by atoms with Crippen molar-refractivity contribution in [1.82, 2.24) is 15.3 Å². The number of amides is 1. The van der Waals surface area contributed by atoms with E-state index in [-0.39, 0.29) is 5.91 Å². The molecule has 0 atom stereocenters. The lowest BCUT2D eigenvalue weighted by atomic mass is 10.1. The van der Waals surface area contributed by atoms with Crippen molar-refractivity contribution in [3.05, 3.63) is 58.7 Å². The normalized spacial score (nSPS) is 10.5. The molecule has 0 aliphatic carbocycles. The Bertz CT molecular complexity index is 710.